The minimum Gasteiger partial charge on any atom is -0.326 e. The molecular weight excluding hydrogens is 316 g/mol. The summed E-state index contributed by atoms with van der Waals surface area (Å²) in [7, 11) is 0. The maximum absolute atomic E-state index is 12.3. The average Bonchev–Trinajstić information content (AvgIpc) is 2.57. The molecule has 2 aromatic rings. The molecule has 1 aliphatic heterocycles. The Bertz CT molecular complexity index is 860. The van der Waals surface area contributed by atoms with E-state index in [-0.39, 0.29) is 5.91 Å². The normalized spacial score (nSPS) is 15.8. The van der Waals surface area contributed by atoms with E-state index in [1.807, 2.05) is 38.1 Å². The van der Waals surface area contributed by atoms with Crippen molar-refractivity contribution in [1.82, 2.24) is 10.3 Å². The molecule has 1 aromatic carbocycles. The van der Waals surface area contributed by atoms with Crippen molar-refractivity contribution in [2.45, 2.75) is 26.3 Å². The Balaban J connectivity index is 1.70. The highest BCUT2D eigenvalue weighted by Gasteiger charge is 2.27. The lowest BCUT2D eigenvalue weighted by Gasteiger charge is -2.25. The van der Waals surface area contributed by atoms with Gasteiger partial charge in [-0.15, -0.1) is 0 Å². The van der Waals surface area contributed by atoms with Crippen LogP contribution in [-0.2, 0) is 11.2 Å². The molecule has 0 fully saturated rings. The fourth-order valence-electron chi connectivity index (χ4n) is 2.70. The monoisotopic (exact) mass is 336 g/mol. The molecule has 3 rings (SSSR count). The third-order valence-corrected chi connectivity index (χ3v) is 4.19. The quantitative estimate of drug-likeness (QED) is 0.805. The number of aryl methyl sites for hydroxylation is 1. The Morgan fingerprint density at radius 1 is 1.36 bits per heavy atom. The van der Waals surface area contributed by atoms with Crippen molar-refractivity contribution in [2.24, 2.45) is 0 Å². The zero-order chi connectivity index (χ0) is 18.0. The number of benzene rings is 1. The Morgan fingerprint density at radius 3 is 2.92 bits per heavy atom. The summed E-state index contributed by atoms with van der Waals surface area (Å²) in [5.41, 5.74) is 5.14. The van der Waals surface area contributed by atoms with Gasteiger partial charge in [0.2, 0.25) is 5.91 Å². The minimum atomic E-state index is -0.625. The summed E-state index contributed by atoms with van der Waals surface area (Å²) in [5, 5.41) is 8.30. The predicted molar refractivity (Wildman–Crippen MR) is 98.4 cm³/mol. The number of carbonyl (C=O) groups excluding carboxylic acids is 2. The third-order valence-electron chi connectivity index (χ3n) is 4.19. The number of amides is 3. The zero-order valence-electron chi connectivity index (χ0n) is 14.2. The highest BCUT2D eigenvalue weighted by Crippen LogP contribution is 2.22. The second-order valence-electron chi connectivity index (χ2n) is 6.19. The summed E-state index contributed by atoms with van der Waals surface area (Å²) in [4.78, 5) is 28.5. The largest absolute Gasteiger partial charge is 0.326 e. The van der Waals surface area contributed by atoms with Crippen LogP contribution < -0.4 is 16.0 Å². The second kappa shape index (κ2) is 6.76. The molecule has 0 spiro atoms. The van der Waals surface area contributed by atoms with Gasteiger partial charge in [0.05, 0.1) is 11.9 Å². The summed E-state index contributed by atoms with van der Waals surface area (Å²) in [5.74, 6) is -0.247. The van der Waals surface area contributed by atoms with Crippen LogP contribution in [0.4, 0.5) is 16.2 Å². The van der Waals surface area contributed by atoms with E-state index in [9.17, 15) is 9.59 Å². The van der Waals surface area contributed by atoms with E-state index in [2.05, 4.69) is 27.5 Å². The van der Waals surface area contributed by atoms with Crippen LogP contribution in [0.1, 0.15) is 23.6 Å². The fraction of sp³-hybridized carbons (Fsp3) is 0.211. The maximum Gasteiger partial charge on any atom is 0.319 e. The Hall–Kier alpha value is -3.15. The number of carbonyl (C=O) groups is 2. The molecule has 0 bridgehead atoms. The van der Waals surface area contributed by atoms with Gasteiger partial charge in [-0.3, -0.25) is 9.78 Å². The van der Waals surface area contributed by atoms with Crippen molar-refractivity contribution in [3.63, 3.8) is 0 Å². The molecule has 6 heteroatoms. The molecular formula is C19H20N4O2. The summed E-state index contributed by atoms with van der Waals surface area (Å²) >= 11 is 0. The average molecular weight is 336 g/mol. The molecule has 1 unspecified atom stereocenters. The lowest BCUT2D eigenvalue weighted by Crippen LogP contribution is -2.49. The van der Waals surface area contributed by atoms with E-state index in [1.165, 1.54) is 0 Å². The number of hydrogen-bond donors (Lipinski definition) is 3. The topological polar surface area (TPSA) is 83.1 Å². The van der Waals surface area contributed by atoms with E-state index in [1.54, 1.807) is 12.4 Å². The smallest absolute Gasteiger partial charge is 0.319 e. The predicted octanol–water partition coefficient (Wildman–Crippen LogP) is 3.11. The first kappa shape index (κ1) is 16.7. The standard InChI is InChI=1S/C19H20N4O2/c1-11(2)13-5-4-12(3)15(8-13)22-19(25)23-16-9-14-6-7-20-10-17(14)21-18(16)24/h4-8,10,16H,1,9H2,2-3H3,(H,21,24)(H2,22,23,25). The highest BCUT2D eigenvalue weighted by atomic mass is 16.2. The molecule has 25 heavy (non-hydrogen) atoms. The number of rotatable bonds is 3. The van der Waals surface area contributed by atoms with Crippen molar-refractivity contribution < 1.29 is 9.59 Å². The van der Waals surface area contributed by atoms with E-state index < -0.39 is 12.1 Å². The molecule has 3 amide bonds. The van der Waals surface area contributed by atoms with Crippen molar-refractivity contribution >= 4 is 28.9 Å². The molecule has 0 aliphatic carbocycles. The van der Waals surface area contributed by atoms with Gasteiger partial charge in [0.15, 0.2) is 0 Å². The van der Waals surface area contributed by atoms with Gasteiger partial charge < -0.3 is 16.0 Å². The van der Waals surface area contributed by atoms with Gasteiger partial charge in [0.1, 0.15) is 6.04 Å². The first-order chi connectivity index (χ1) is 11.9. The molecule has 128 valence electrons. The number of allylic oxidation sites excluding steroid dienone is 1. The number of nitrogens with one attached hydrogen (secondary N) is 3. The number of anilines is 2. The summed E-state index contributed by atoms with van der Waals surface area (Å²) < 4.78 is 0. The Labute approximate surface area is 146 Å². The van der Waals surface area contributed by atoms with Gasteiger partial charge in [-0.1, -0.05) is 24.3 Å². The van der Waals surface area contributed by atoms with Crippen molar-refractivity contribution in [1.29, 1.82) is 0 Å². The molecule has 0 radical (unpaired) electrons. The van der Waals surface area contributed by atoms with E-state index in [4.69, 9.17) is 0 Å². The van der Waals surface area contributed by atoms with Gasteiger partial charge >= 0.3 is 6.03 Å². The van der Waals surface area contributed by atoms with Gasteiger partial charge in [0, 0.05) is 18.3 Å². The van der Waals surface area contributed by atoms with E-state index in [0.717, 1.165) is 22.3 Å². The first-order valence-electron chi connectivity index (χ1n) is 8.02. The SMILES string of the molecule is C=C(C)c1ccc(C)c(NC(=O)NC2Cc3ccncc3NC2=O)c1. The van der Waals surface area contributed by atoms with Crippen LogP contribution in [-0.4, -0.2) is 23.0 Å². The number of aromatic nitrogens is 1. The van der Waals surface area contributed by atoms with Crippen LogP contribution in [0.5, 0.6) is 0 Å². The zero-order valence-corrected chi connectivity index (χ0v) is 14.2. The minimum absolute atomic E-state index is 0.247. The maximum atomic E-state index is 12.3. The molecule has 2 heterocycles. The Morgan fingerprint density at radius 2 is 2.16 bits per heavy atom. The number of nitrogens with zero attached hydrogens (tertiary/aromatic N) is 1. The number of hydrogen-bond acceptors (Lipinski definition) is 3. The van der Waals surface area contributed by atoms with Crippen molar-refractivity contribution in [3.05, 3.63) is 59.9 Å². The van der Waals surface area contributed by atoms with Gasteiger partial charge in [0.25, 0.3) is 0 Å². The van der Waals surface area contributed by atoms with Crippen molar-refractivity contribution in [2.75, 3.05) is 10.6 Å². The Kier molecular flexibility index (Phi) is 4.52. The van der Waals surface area contributed by atoms with Gasteiger partial charge in [-0.25, -0.2) is 4.79 Å². The first-order valence-corrected chi connectivity index (χ1v) is 8.02. The molecule has 1 aliphatic rings. The van der Waals surface area contributed by atoms with Crippen LogP contribution in [0.15, 0.2) is 43.2 Å². The number of fused-ring (bicyclic) bond motifs is 1. The highest BCUT2D eigenvalue weighted by molar-refractivity contribution is 6.01. The lowest BCUT2D eigenvalue weighted by atomic mass is 10.0. The number of pyridine rings is 1. The summed E-state index contributed by atoms with van der Waals surface area (Å²) in [6.45, 7) is 7.73. The molecule has 1 aromatic heterocycles. The van der Waals surface area contributed by atoms with Crippen LogP contribution in [0.2, 0.25) is 0 Å². The van der Waals surface area contributed by atoms with Crippen LogP contribution in [0.25, 0.3) is 5.57 Å². The molecule has 0 saturated carbocycles. The molecule has 3 N–H and O–H groups in total. The molecule has 1 atom stereocenters. The van der Waals surface area contributed by atoms with Crippen LogP contribution in [0.3, 0.4) is 0 Å². The van der Waals surface area contributed by atoms with Crippen LogP contribution in [0, 0.1) is 6.92 Å². The molecule has 6 nitrogen and oxygen atoms in total. The number of urea groups is 1. The lowest BCUT2D eigenvalue weighted by molar-refractivity contribution is -0.118. The van der Waals surface area contributed by atoms with Gasteiger partial charge in [-0.2, -0.15) is 0 Å². The van der Waals surface area contributed by atoms with Gasteiger partial charge in [-0.05, 0) is 42.7 Å². The third kappa shape index (κ3) is 3.68. The molecule has 0 saturated heterocycles. The van der Waals surface area contributed by atoms with E-state index in [0.29, 0.717) is 17.8 Å². The van der Waals surface area contributed by atoms with E-state index >= 15 is 0 Å². The van der Waals surface area contributed by atoms with Crippen LogP contribution >= 0.6 is 0 Å². The second-order valence-corrected chi connectivity index (χ2v) is 6.19. The summed E-state index contributed by atoms with van der Waals surface area (Å²) in [6, 6.07) is 6.55. The van der Waals surface area contributed by atoms with Crippen molar-refractivity contribution in [3.8, 4) is 0 Å². The fourth-order valence-corrected chi connectivity index (χ4v) is 2.70. The summed E-state index contributed by atoms with van der Waals surface area (Å²) in [6.07, 6.45) is 3.71.